The van der Waals surface area contributed by atoms with E-state index in [0.717, 1.165) is 60.7 Å². The monoisotopic (exact) mass is 866 g/mol. The fraction of sp³-hybridized carbons (Fsp3) is 0.200. The van der Waals surface area contributed by atoms with Gasteiger partial charge in [-0.05, 0) is 53.1 Å². The van der Waals surface area contributed by atoms with E-state index >= 15 is 0 Å². The largest absolute Gasteiger partial charge is 0.508 e. The number of phenolic OH excluding ortho intramolecular Hbond substituents is 12. The average molecular weight is 867 g/mol. The lowest BCUT2D eigenvalue weighted by Crippen LogP contribution is -2.38. The Morgan fingerprint density at radius 1 is 0.381 bits per heavy atom. The van der Waals surface area contributed by atoms with Crippen LogP contribution in [0.25, 0.3) is 0 Å². The molecule has 6 aromatic carbocycles. The van der Waals surface area contributed by atoms with Gasteiger partial charge in [-0.15, -0.1) is 0 Å². The standard InChI is InChI=1S/C45H38O18/c46-18-10-27(54)33-31(11-18)61-43(16-2-5-21(48)25(52)8-16)40(59)37(33)34-29(56)14-32-36(39(34)58)38(41(60)44(62-32)17-3-6-22(49)26(53)9-17)35-28(55)13-23(50)19-12-30(57)42(63-45(19)35)15-1-4-20(47)24(51)7-15/h1-11,13-14,30,37-38,40-44,46-60H,12H2/t30-,37+,38-,40+,41+,42+,43+,44+/m0/s1. The Kier molecular flexibility index (Phi) is 9.46. The molecule has 0 radical (unpaired) electrons. The summed E-state index contributed by atoms with van der Waals surface area (Å²) in [6.07, 6.45) is -9.81. The lowest BCUT2D eigenvalue weighted by molar-refractivity contribution is -0.000173. The molecule has 3 heterocycles. The van der Waals surface area contributed by atoms with Gasteiger partial charge in [-0.1, -0.05) is 18.2 Å². The maximum atomic E-state index is 12.6. The molecular formula is C45H38O18. The Morgan fingerprint density at radius 2 is 0.841 bits per heavy atom. The summed E-state index contributed by atoms with van der Waals surface area (Å²) in [5.41, 5.74) is -1.20. The number of ether oxygens (including phenoxy) is 3. The molecule has 0 saturated carbocycles. The van der Waals surface area contributed by atoms with Gasteiger partial charge in [0.25, 0.3) is 0 Å². The summed E-state index contributed by atoms with van der Waals surface area (Å²) >= 11 is 0. The van der Waals surface area contributed by atoms with Crippen LogP contribution in [0.15, 0.2) is 78.9 Å². The predicted molar refractivity (Wildman–Crippen MR) is 214 cm³/mol. The molecule has 0 fully saturated rings. The summed E-state index contributed by atoms with van der Waals surface area (Å²) in [5.74, 6) is -11.5. The number of hydrogen-bond donors (Lipinski definition) is 15. The van der Waals surface area contributed by atoms with Gasteiger partial charge in [0.05, 0.1) is 17.9 Å². The molecule has 18 heteroatoms. The van der Waals surface area contributed by atoms with E-state index in [-0.39, 0.29) is 62.6 Å². The fourth-order valence-electron chi connectivity index (χ4n) is 8.93. The summed E-state index contributed by atoms with van der Waals surface area (Å²) in [6, 6.07) is 14.6. The number of fused-ring (bicyclic) bond motifs is 3. The van der Waals surface area contributed by atoms with Gasteiger partial charge in [0.15, 0.2) is 46.7 Å². The summed E-state index contributed by atoms with van der Waals surface area (Å²) in [4.78, 5) is 0. The zero-order valence-corrected chi connectivity index (χ0v) is 32.3. The Morgan fingerprint density at radius 3 is 1.37 bits per heavy atom. The zero-order chi connectivity index (χ0) is 44.9. The molecule has 0 aromatic heterocycles. The molecule has 0 saturated heterocycles. The molecule has 63 heavy (non-hydrogen) atoms. The van der Waals surface area contributed by atoms with Crippen LogP contribution in [0.4, 0.5) is 0 Å². The molecule has 326 valence electrons. The van der Waals surface area contributed by atoms with Crippen LogP contribution in [0, 0.1) is 0 Å². The third kappa shape index (κ3) is 6.46. The Bertz CT molecular complexity index is 2840. The van der Waals surface area contributed by atoms with Gasteiger partial charge in [-0.2, -0.15) is 0 Å². The molecule has 0 unspecified atom stereocenters. The van der Waals surface area contributed by atoms with Crippen LogP contribution in [0.3, 0.4) is 0 Å². The molecule has 3 aliphatic rings. The van der Waals surface area contributed by atoms with E-state index in [0.29, 0.717) is 0 Å². The minimum atomic E-state index is -1.90. The third-order valence-corrected chi connectivity index (χ3v) is 11.8. The number of hydrogen-bond acceptors (Lipinski definition) is 18. The number of benzene rings is 6. The van der Waals surface area contributed by atoms with Gasteiger partial charge in [0.2, 0.25) is 0 Å². The van der Waals surface area contributed by atoms with Crippen molar-refractivity contribution < 1.29 is 90.8 Å². The van der Waals surface area contributed by atoms with Crippen molar-refractivity contribution in [1.82, 2.24) is 0 Å². The van der Waals surface area contributed by atoms with Gasteiger partial charge in [0.1, 0.15) is 70.1 Å². The van der Waals surface area contributed by atoms with Crippen molar-refractivity contribution in [2.24, 2.45) is 0 Å². The number of aromatic hydroxyl groups is 12. The first kappa shape index (κ1) is 40.6. The first-order valence-corrected chi connectivity index (χ1v) is 19.3. The first-order valence-electron chi connectivity index (χ1n) is 19.3. The van der Waals surface area contributed by atoms with Crippen molar-refractivity contribution in [2.75, 3.05) is 0 Å². The Hall–Kier alpha value is -7.80. The molecule has 0 bridgehead atoms. The first-order chi connectivity index (χ1) is 29.9. The van der Waals surface area contributed by atoms with E-state index in [1.165, 1.54) is 18.2 Å². The molecule has 8 atom stereocenters. The minimum Gasteiger partial charge on any atom is -0.508 e. The van der Waals surface area contributed by atoms with Crippen molar-refractivity contribution >= 4 is 0 Å². The number of aliphatic hydroxyl groups excluding tert-OH is 3. The van der Waals surface area contributed by atoms with Crippen LogP contribution in [0.1, 0.15) is 74.7 Å². The quantitative estimate of drug-likeness (QED) is 0.106. The fourth-order valence-corrected chi connectivity index (χ4v) is 8.93. The van der Waals surface area contributed by atoms with Gasteiger partial charge in [0, 0.05) is 58.5 Å². The highest BCUT2D eigenvalue weighted by atomic mass is 16.5. The van der Waals surface area contributed by atoms with E-state index in [1.807, 2.05) is 0 Å². The predicted octanol–water partition coefficient (Wildman–Crippen LogP) is 4.44. The maximum Gasteiger partial charge on any atom is 0.157 e. The second-order valence-electron chi connectivity index (χ2n) is 15.7. The molecule has 6 aromatic rings. The lowest BCUT2D eigenvalue weighted by atomic mass is 9.74. The number of aliphatic hydroxyl groups is 3. The second kappa shape index (κ2) is 14.7. The van der Waals surface area contributed by atoms with Crippen LogP contribution in [0.5, 0.6) is 86.2 Å². The molecular weight excluding hydrogens is 828 g/mol. The Labute approximate surface area is 354 Å². The molecule has 0 spiro atoms. The number of rotatable bonds is 5. The molecule has 9 rings (SSSR count). The molecule has 15 N–H and O–H groups in total. The Balaban J connectivity index is 1.29. The van der Waals surface area contributed by atoms with Crippen molar-refractivity contribution in [3.8, 4) is 86.2 Å². The maximum absolute atomic E-state index is 12.6. The van der Waals surface area contributed by atoms with E-state index in [9.17, 15) is 76.6 Å². The van der Waals surface area contributed by atoms with Crippen LogP contribution in [-0.2, 0) is 6.42 Å². The smallest absolute Gasteiger partial charge is 0.157 e. The van der Waals surface area contributed by atoms with Crippen molar-refractivity contribution in [3.63, 3.8) is 0 Å². The van der Waals surface area contributed by atoms with E-state index < -0.39 is 123 Å². The highest BCUT2D eigenvalue weighted by Gasteiger charge is 2.50. The summed E-state index contributed by atoms with van der Waals surface area (Å²) in [6.45, 7) is 0. The molecule has 0 aliphatic carbocycles. The van der Waals surface area contributed by atoms with Crippen molar-refractivity contribution in [2.45, 2.75) is 54.9 Å². The van der Waals surface area contributed by atoms with Gasteiger partial charge in [-0.3, -0.25) is 0 Å². The van der Waals surface area contributed by atoms with Crippen LogP contribution >= 0.6 is 0 Å². The van der Waals surface area contributed by atoms with Crippen molar-refractivity contribution in [1.29, 1.82) is 0 Å². The molecule has 3 aliphatic heterocycles. The van der Waals surface area contributed by atoms with Gasteiger partial charge < -0.3 is 90.8 Å². The van der Waals surface area contributed by atoms with Gasteiger partial charge in [-0.25, -0.2) is 0 Å². The van der Waals surface area contributed by atoms with Crippen LogP contribution in [0.2, 0.25) is 0 Å². The van der Waals surface area contributed by atoms with Crippen LogP contribution in [-0.4, -0.2) is 94.9 Å². The highest BCUT2D eigenvalue weighted by molar-refractivity contribution is 5.70. The van der Waals surface area contributed by atoms with Gasteiger partial charge >= 0.3 is 0 Å². The van der Waals surface area contributed by atoms with E-state index in [1.54, 1.807) is 0 Å². The highest BCUT2D eigenvalue weighted by Crippen LogP contribution is 2.61. The molecule has 0 amide bonds. The summed E-state index contributed by atoms with van der Waals surface area (Å²) < 4.78 is 18.6. The van der Waals surface area contributed by atoms with Crippen molar-refractivity contribution in [3.05, 3.63) is 123 Å². The molecule has 18 nitrogen and oxygen atoms in total. The van der Waals surface area contributed by atoms with Crippen LogP contribution < -0.4 is 14.2 Å². The van der Waals surface area contributed by atoms with E-state index in [4.69, 9.17) is 14.2 Å². The second-order valence-corrected chi connectivity index (χ2v) is 15.7. The normalized spacial score (nSPS) is 23.6. The van der Waals surface area contributed by atoms with E-state index in [2.05, 4.69) is 0 Å². The summed E-state index contributed by atoms with van der Waals surface area (Å²) in [7, 11) is 0. The SMILES string of the molecule is Oc1cc(O)c2c(c1)O[C@H](c1ccc(O)c(O)c1)[C@H](O)[C@H]2c1c(O)cc2c(c1O)[C@H](c1c(O)cc(O)c3c1O[C@H](c1ccc(O)c(O)c1)[C@@H](O)C3)[C@@H](O)[C@@H](c1ccc(O)c(O)c1)O2. The average Bonchev–Trinajstić information content (AvgIpc) is 3.22. The summed E-state index contributed by atoms with van der Waals surface area (Å²) in [5, 5.41) is 166. The number of phenols is 12. The topological polar surface area (TPSA) is 331 Å². The lowest BCUT2D eigenvalue weighted by Gasteiger charge is -2.42. The zero-order valence-electron chi connectivity index (χ0n) is 32.3. The minimum absolute atomic E-state index is 0.0518. The third-order valence-electron chi connectivity index (χ3n) is 11.8.